The van der Waals surface area contributed by atoms with Gasteiger partial charge >= 0.3 is 0 Å². The SMILES string of the molecule is O=C1CCCCCC1C1c2ccccc2Oc2ccccc21. The van der Waals surface area contributed by atoms with Gasteiger partial charge in [-0.1, -0.05) is 49.2 Å². The van der Waals surface area contributed by atoms with Gasteiger partial charge < -0.3 is 4.74 Å². The smallest absolute Gasteiger partial charge is 0.136 e. The van der Waals surface area contributed by atoms with E-state index >= 15 is 0 Å². The number of carbonyl (C=O) groups is 1. The number of benzene rings is 2. The highest BCUT2D eigenvalue weighted by Crippen LogP contribution is 2.49. The van der Waals surface area contributed by atoms with Crippen LogP contribution in [0.5, 0.6) is 11.5 Å². The van der Waals surface area contributed by atoms with Gasteiger partial charge in [0.2, 0.25) is 0 Å². The lowest BCUT2D eigenvalue weighted by Crippen LogP contribution is -2.25. The quantitative estimate of drug-likeness (QED) is 0.686. The first kappa shape index (κ1) is 13.6. The molecule has 2 nitrogen and oxygen atoms in total. The molecule has 0 saturated heterocycles. The third-order valence-corrected chi connectivity index (χ3v) is 4.98. The molecule has 2 aromatic rings. The van der Waals surface area contributed by atoms with E-state index in [1.165, 1.54) is 17.5 Å². The molecule has 0 N–H and O–H groups in total. The van der Waals surface area contributed by atoms with Crippen molar-refractivity contribution < 1.29 is 9.53 Å². The van der Waals surface area contributed by atoms with Crippen molar-refractivity contribution in [1.29, 1.82) is 0 Å². The maximum absolute atomic E-state index is 12.7. The number of rotatable bonds is 1. The van der Waals surface area contributed by atoms with Gasteiger partial charge in [0.25, 0.3) is 0 Å². The molecule has 22 heavy (non-hydrogen) atoms. The molecule has 1 saturated carbocycles. The van der Waals surface area contributed by atoms with E-state index in [4.69, 9.17) is 4.74 Å². The van der Waals surface area contributed by atoms with Crippen LogP contribution >= 0.6 is 0 Å². The van der Waals surface area contributed by atoms with Crippen molar-refractivity contribution >= 4 is 5.78 Å². The normalized spacial score (nSPS) is 21.5. The topological polar surface area (TPSA) is 26.3 Å². The molecule has 1 heterocycles. The summed E-state index contributed by atoms with van der Waals surface area (Å²) in [7, 11) is 0. The third-order valence-electron chi connectivity index (χ3n) is 4.98. The minimum Gasteiger partial charge on any atom is -0.457 e. The average molecular weight is 292 g/mol. The molecule has 0 aromatic heterocycles. The molecule has 0 spiro atoms. The van der Waals surface area contributed by atoms with E-state index in [-0.39, 0.29) is 11.8 Å². The van der Waals surface area contributed by atoms with Crippen molar-refractivity contribution in [2.45, 2.75) is 38.0 Å². The Bertz CT molecular complexity index is 659. The molecule has 0 bridgehead atoms. The Kier molecular flexibility index (Phi) is 3.45. The first-order valence-corrected chi connectivity index (χ1v) is 8.23. The number of hydrogen-bond donors (Lipinski definition) is 0. The Labute approximate surface area is 131 Å². The van der Waals surface area contributed by atoms with Crippen LogP contribution in [0.4, 0.5) is 0 Å². The molecule has 1 aliphatic carbocycles. The standard InChI is InChI=1S/C20H20O2/c21-17-11-3-1-2-8-14(17)20-15-9-4-6-12-18(15)22-19-13-7-5-10-16(19)20/h4-7,9-10,12-14,20H,1-3,8,11H2. The Morgan fingerprint density at radius 1 is 0.818 bits per heavy atom. The summed E-state index contributed by atoms with van der Waals surface area (Å²) in [6, 6.07) is 16.4. The number of para-hydroxylation sites is 2. The molecule has 1 aliphatic heterocycles. The molecule has 4 rings (SSSR count). The van der Waals surface area contributed by atoms with Crippen LogP contribution in [0.2, 0.25) is 0 Å². The Morgan fingerprint density at radius 3 is 2.14 bits per heavy atom. The zero-order chi connectivity index (χ0) is 14.9. The van der Waals surface area contributed by atoms with E-state index in [1.54, 1.807) is 0 Å². The van der Waals surface area contributed by atoms with Gasteiger partial charge in [-0.25, -0.2) is 0 Å². The van der Waals surface area contributed by atoms with Crippen molar-refractivity contribution in [2.24, 2.45) is 5.92 Å². The molecule has 1 atom stereocenters. The number of ketones is 1. The summed E-state index contributed by atoms with van der Waals surface area (Å²) >= 11 is 0. The summed E-state index contributed by atoms with van der Waals surface area (Å²) in [5.41, 5.74) is 2.34. The van der Waals surface area contributed by atoms with Crippen molar-refractivity contribution in [3.8, 4) is 11.5 Å². The Balaban J connectivity index is 1.85. The second-order valence-corrected chi connectivity index (χ2v) is 6.33. The molecular formula is C20H20O2. The lowest BCUT2D eigenvalue weighted by Gasteiger charge is -2.32. The summed E-state index contributed by atoms with van der Waals surface area (Å²) in [6.45, 7) is 0. The zero-order valence-electron chi connectivity index (χ0n) is 12.6. The van der Waals surface area contributed by atoms with Crippen LogP contribution in [-0.4, -0.2) is 5.78 Å². The molecule has 0 amide bonds. The summed E-state index contributed by atoms with van der Waals surface area (Å²) < 4.78 is 6.05. The maximum Gasteiger partial charge on any atom is 0.136 e. The highest BCUT2D eigenvalue weighted by atomic mass is 16.5. The van der Waals surface area contributed by atoms with Crippen LogP contribution in [0.1, 0.15) is 49.1 Å². The summed E-state index contributed by atoms with van der Waals surface area (Å²) in [5, 5.41) is 0. The molecule has 2 heteroatoms. The van der Waals surface area contributed by atoms with Crippen molar-refractivity contribution in [3.05, 3.63) is 59.7 Å². The largest absolute Gasteiger partial charge is 0.457 e. The lowest BCUT2D eigenvalue weighted by molar-refractivity contribution is -0.123. The Morgan fingerprint density at radius 2 is 1.45 bits per heavy atom. The number of fused-ring (bicyclic) bond motifs is 2. The summed E-state index contributed by atoms with van der Waals surface area (Å²) in [5.74, 6) is 2.47. The van der Waals surface area contributed by atoms with E-state index in [1.807, 2.05) is 36.4 Å². The molecule has 1 fully saturated rings. The fourth-order valence-electron chi connectivity index (χ4n) is 3.92. The van der Waals surface area contributed by atoms with Gasteiger partial charge in [-0.05, 0) is 25.0 Å². The van der Waals surface area contributed by atoms with E-state index < -0.39 is 0 Å². The van der Waals surface area contributed by atoms with Gasteiger partial charge in [-0.15, -0.1) is 0 Å². The second-order valence-electron chi connectivity index (χ2n) is 6.33. The van der Waals surface area contributed by atoms with E-state index in [9.17, 15) is 4.79 Å². The van der Waals surface area contributed by atoms with Crippen molar-refractivity contribution in [3.63, 3.8) is 0 Å². The van der Waals surface area contributed by atoms with E-state index in [0.717, 1.165) is 37.2 Å². The van der Waals surface area contributed by atoms with Crippen LogP contribution in [0.3, 0.4) is 0 Å². The number of carbonyl (C=O) groups excluding carboxylic acids is 1. The molecule has 2 aromatic carbocycles. The Hall–Kier alpha value is -2.09. The average Bonchev–Trinajstić information content (AvgIpc) is 2.77. The predicted molar refractivity (Wildman–Crippen MR) is 86.4 cm³/mol. The van der Waals surface area contributed by atoms with E-state index in [2.05, 4.69) is 12.1 Å². The van der Waals surface area contributed by atoms with Gasteiger partial charge in [0.1, 0.15) is 17.3 Å². The fourth-order valence-corrected chi connectivity index (χ4v) is 3.92. The van der Waals surface area contributed by atoms with Crippen LogP contribution in [0, 0.1) is 5.92 Å². The number of Topliss-reactive ketones (excluding diaryl/α,β-unsaturated/α-hetero) is 1. The number of hydrogen-bond acceptors (Lipinski definition) is 2. The molecule has 0 radical (unpaired) electrons. The van der Waals surface area contributed by atoms with Crippen LogP contribution in [-0.2, 0) is 4.79 Å². The van der Waals surface area contributed by atoms with Crippen molar-refractivity contribution in [1.82, 2.24) is 0 Å². The highest BCUT2D eigenvalue weighted by Gasteiger charge is 2.36. The minimum absolute atomic E-state index is 0.0914. The first-order valence-electron chi connectivity index (χ1n) is 8.23. The van der Waals surface area contributed by atoms with Gasteiger partial charge in [-0.2, -0.15) is 0 Å². The van der Waals surface area contributed by atoms with Gasteiger partial charge in [0.05, 0.1) is 0 Å². The summed E-state index contributed by atoms with van der Waals surface area (Å²) in [4.78, 5) is 12.7. The van der Waals surface area contributed by atoms with Gasteiger partial charge in [0, 0.05) is 29.4 Å². The fraction of sp³-hybridized carbons (Fsp3) is 0.350. The van der Waals surface area contributed by atoms with Crippen LogP contribution in [0.25, 0.3) is 0 Å². The van der Waals surface area contributed by atoms with Crippen molar-refractivity contribution in [2.75, 3.05) is 0 Å². The summed E-state index contributed by atoms with van der Waals surface area (Å²) in [6.07, 6.45) is 5.09. The maximum atomic E-state index is 12.7. The number of ether oxygens (including phenoxy) is 1. The van der Waals surface area contributed by atoms with E-state index in [0.29, 0.717) is 5.78 Å². The zero-order valence-corrected chi connectivity index (χ0v) is 12.6. The monoisotopic (exact) mass is 292 g/mol. The molecule has 112 valence electrons. The first-order chi connectivity index (χ1) is 10.8. The minimum atomic E-state index is 0.0914. The molecule has 2 aliphatic rings. The van der Waals surface area contributed by atoms with Crippen LogP contribution < -0.4 is 4.74 Å². The highest BCUT2D eigenvalue weighted by molar-refractivity contribution is 5.83. The molecular weight excluding hydrogens is 272 g/mol. The second kappa shape index (κ2) is 5.60. The molecule has 1 unspecified atom stereocenters. The van der Waals surface area contributed by atoms with Crippen LogP contribution in [0.15, 0.2) is 48.5 Å². The third kappa shape index (κ3) is 2.23. The van der Waals surface area contributed by atoms with Gasteiger partial charge in [-0.3, -0.25) is 4.79 Å². The van der Waals surface area contributed by atoms with Gasteiger partial charge in [0.15, 0.2) is 0 Å². The predicted octanol–water partition coefficient (Wildman–Crippen LogP) is 5.07. The lowest BCUT2D eigenvalue weighted by atomic mass is 9.75.